The van der Waals surface area contributed by atoms with Crippen molar-refractivity contribution in [2.75, 3.05) is 6.26 Å². The first kappa shape index (κ1) is 9.93. The minimum Gasteiger partial charge on any atom is -0.267 e. The van der Waals surface area contributed by atoms with Gasteiger partial charge in [0.15, 0.2) is 5.82 Å². The second kappa shape index (κ2) is 3.37. The molecule has 1 aliphatic heterocycles. The Morgan fingerprint density at radius 1 is 1.38 bits per heavy atom. The molecule has 0 amide bonds. The van der Waals surface area contributed by atoms with Gasteiger partial charge in [-0.3, -0.25) is 9.36 Å². The molecule has 3 rings (SSSR count). The van der Waals surface area contributed by atoms with Gasteiger partial charge in [-0.05, 0) is 18.4 Å². The van der Waals surface area contributed by atoms with Gasteiger partial charge >= 0.3 is 0 Å². The Balaban J connectivity index is 2.40. The summed E-state index contributed by atoms with van der Waals surface area (Å²) in [5.41, 5.74) is 1.63. The van der Waals surface area contributed by atoms with Gasteiger partial charge in [-0.15, -0.1) is 11.8 Å². The van der Waals surface area contributed by atoms with Crippen molar-refractivity contribution in [3.8, 4) is 0 Å². The van der Waals surface area contributed by atoms with Crippen LogP contribution in [0, 0.1) is 0 Å². The maximum absolute atomic E-state index is 12.0. The molecule has 5 heteroatoms. The van der Waals surface area contributed by atoms with E-state index in [1.54, 1.807) is 4.57 Å². The summed E-state index contributed by atoms with van der Waals surface area (Å²) < 4.78 is 1.57. The topological polar surface area (TPSA) is 34.9 Å². The summed E-state index contributed by atoms with van der Waals surface area (Å²) in [4.78, 5) is 17.1. The molecule has 2 aromatic rings. The number of hydrogen-bond donors (Lipinski definition) is 0. The molecule has 0 fully saturated rings. The normalized spacial score (nSPS) is 15.0. The summed E-state index contributed by atoms with van der Waals surface area (Å²) in [5.74, 6) is 0.471. The Morgan fingerprint density at radius 2 is 2.12 bits per heavy atom. The van der Waals surface area contributed by atoms with E-state index in [1.165, 1.54) is 11.8 Å². The SMILES string of the molecule is CSC1=C(Cl)C(=O)n2c1nc1ccccc12. The Labute approximate surface area is 101 Å². The summed E-state index contributed by atoms with van der Waals surface area (Å²) in [6, 6.07) is 7.55. The molecule has 1 aromatic heterocycles. The van der Waals surface area contributed by atoms with E-state index < -0.39 is 0 Å². The standard InChI is InChI=1S/C11H7ClN2OS/c1-16-9-8(12)11(15)14-7-5-3-2-4-6(7)13-10(9)14/h2-5H,1H3. The first-order valence-electron chi connectivity index (χ1n) is 4.70. The van der Waals surface area contributed by atoms with Gasteiger partial charge in [0.1, 0.15) is 5.03 Å². The van der Waals surface area contributed by atoms with Crippen molar-refractivity contribution in [2.45, 2.75) is 0 Å². The third kappa shape index (κ3) is 1.11. The molecule has 1 aromatic carbocycles. The van der Waals surface area contributed by atoms with E-state index in [9.17, 15) is 4.79 Å². The second-order valence-electron chi connectivity index (χ2n) is 3.41. The Hall–Kier alpha value is -1.26. The zero-order valence-corrected chi connectivity index (χ0v) is 9.97. The minimum atomic E-state index is -0.185. The van der Waals surface area contributed by atoms with E-state index in [-0.39, 0.29) is 10.9 Å². The highest BCUT2D eigenvalue weighted by atomic mass is 35.5. The molecule has 16 heavy (non-hydrogen) atoms. The highest BCUT2D eigenvalue weighted by molar-refractivity contribution is 8.07. The Bertz CT molecular complexity index is 644. The van der Waals surface area contributed by atoms with Crippen LogP contribution in [0.2, 0.25) is 0 Å². The third-order valence-electron chi connectivity index (χ3n) is 2.56. The zero-order chi connectivity index (χ0) is 11.3. The molecule has 0 bridgehead atoms. The molecule has 0 radical (unpaired) electrons. The molecule has 2 heterocycles. The van der Waals surface area contributed by atoms with Crippen LogP contribution in [0.4, 0.5) is 0 Å². The number of thioether (sulfide) groups is 1. The first-order chi connectivity index (χ1) is 7.74. The lowest BCUT2D eigenvalue weighted by Gasteiger charge is -1.96. The van der Waals surface area contributed by atoms with Crippen molar-refractivity contribution in [3.05, 3.63) is 35.1 Å². The third-order valence-corrected chi connectivity index (χ3v) is 3.82. The van der Waals surface area contributed by atoms with E-state index in [4.69, 9.17) is 11.6 Å². The fourth-order valence-corrected chi connectivity index (χ4v) is 2.84. The van der Waals surface area contributed by atoms with Crippen LogP contribution < -0.4 is 0 Å². The predicted molar refractivity (Wildman–Crippen MR) is 66.6 cm³/mol. The molecule has 0 N–H and O–H groups in total. The van der Waals surface area contributed by atoms with Crippen LogP contribution in [0.1, 0.15) is 10.6 Å². The lowest BCUT2D eigenvalue weighted by atomic mass is 10.3. The van der Waals surface area contributed by atoms with Crippen LogP contribution in [-0.2, 0) is 0 Å². The van der Waals surface area contributed by atoms with E-state index in [1.807, 2.05) is 30.5 Å². The number of halogens is 1. The highest BCUT2D eigenvalue weighted by Gasteiger charge is 2.31. The van der Waals surface area contributed by atoms with Crippen molar-refractivity contribution in [1.29, 1.82) is 0 Å². The monoisotopic (exact) mass is 250 g/mol. The van der Waals surface area contributed by atoms with E-state index in [0.717, 1.165) is 15.9 Å². The van der Waals surface area contributed by atoms with Gasteiger partial charge in [-0.2, -0.15) is 0 Å². The summed E-state index contributed by atoms with van der Waals surface area (Å²) in [6.45, 7) is 0. The van der Waals surface area contributed by atoms with E-state index in [0.29, 0.717) is 5.82 Å². The average molecular weight is 251 g/mol. The van der Waals surface area contributed by atoms with Gasteiger partial charge in [-0.1, -0.05) is 23.7 Å². The van der Waals surface area contributed by atoms with Crippen molar-refractivity contribution in [2.24, 2.45) is 0 Å². The van der Waals surface area contributed by atoms with Crippen LogP contribution in [0.3, 0.4) is 0 Å². The Morgan fingerprint density at radius 3 is 2.88 bits per heavy atom. The molecule has 80 valence electrons. The Kier molecular flexibility index (Phi) is 2.09. The lowest BCUT2D eigenvalue weighted by molar-refractivity contribution is 0.0973. The van der Waals surface area contributed by atoms with Crippen molar-refractivity contribution in [1.82, 2.24) is 9.55 Å². The van der Waals surface area contributed by atoms with E-state index in [2.05, 4.69) is 4.98 Å². The van der Waals surface area contributed by atoms with Crippen LogP contribution in [0.15, 0.2) is 29.3 Å². The molecule has 0 atom stereocenters. The summed E-state index contributed by atoms with van der Waals surface area (Å²) >= 11 is 7.43. The van der Waals surface area contributed by atoms with Crippen LogP contribution >= 0.6 is 23.4 Å². The van der Waals surface area contributed by atoms with Crippen LogP contribution in [0.25, 0.3) is 15.9 Å². The van der Waals surface area contributed by atoms with Gasteiger partial charge in [-0.25, -0.2) is 4.98 Å². The number of para-hydroxylation sites is 2. The van der Waals surface area contributed by atoms with Crippen molar-refractivity contribution in [3.63, 3.8) is 0 Å². The second-order valence-corrected chi connectivity index (χ2v) is 4.61. The molecule has 0 aliphatic carbocycles. The number of allylic oxidation sites excluding steroid dienone is 1. The van der Waals surface area contributed by atoms with Gasteiger partial charge in [0.05, 0.1) is 15.9 Å². The largest absolute Gasteiger partial charge is 0.276 e. The van der Waals surface area contributed by atoms with Crippen molar-refractivity contribution >= 4 is 45.2 Å². The smallest absolute Gasteiger partial charge is 0.267 e. The summed E-state index contributed by atoms with van der Waals surface area (Å²) in [6.07, 6.45) is 1.89. The summed E-state index contributed by atoms with van der Waals surface area (Å²) in [7, 11) is 0. The number of hydrogen-bond acceptors (Lipinski definition) is 3. The molecule has 0 unspecified atom stereocenters. The maximum atomic E-state index is 12.0. The highest BCUT2D eigenvalue weighted by Crippen LogP contribution is 2.38. The fourth-order valence-electron chi connectivity index (χ4n) is 1.86. The van der Waals surface area contributed by atoms with Crippen LogP contribution in [-0.4, -0.2) is 21.7 Å². The number of fused-ring (bicyclic) bond motifs is 3. The van der Waals surface area contributed by atoms with Crippen LogP contribution in [0.5, 0.6) is 0 Å². The number of rotatable bonds is 1. The number of nitrogens with zero attached hydrogens (tertiary/aromatic N) is 2. The minimum absolute atomic E-state index is 0.185. The number of carbonyl (C=O) groups excluding carboxylic acids is 1. The average Bonchev–Trinajstić information content (AvgIpc) is 2.77. The first-order valence-corrected chi connectivity index (χ1v) is 6.30. The van der Waals surface area contributed by atoms with Gasteiger partial charge in [0.2, 0.25) is 0 Å². The molecular formula is C11H7ClN2OS. The number of aromatic nitrogens is 2. The van der Waals surface area contributed by atoms with Gasteiger partial charge in [0.25, 0.3) is 5.91 Å². The molecule has 0 spiro atoms. The number of imidazole rings is 1. The fraction of sp³-hybridized carbons (Fsp3) is 0.0909. The summed E-state index contributed by atoms with van der Waals surface area (Å²) in [5, 5.41) is 0.265. The molecule has 0 saturated carbocycles. The zero-order valence-electron chi connectivity index (χ0n) is 8.40. The number of carbonyl (C=O) groups is 1. The molecular weight excluding hydrogens is 244 g/mol. The van der Waals surface area contributed by atoms with Gasteiger partial charge < -0.3 is 0 Å². The molecule has 1 aliphatic rings. The quantitative estimate of drug-likeness (QED) is 0.781. The lowest BCUT2D eigenvalue weighted by Crippen LogP contribution is -2.05. The molecule has 0 saturated heterocycles. The molecule has 3 nitrogen and oxygen atoms in total. The van der Waals surface area contributed by atoms with Crippen molar-refractivity contribution < 1.29 is 4.79 Å². The van der Waals surface area contributed by atoms with E-state index >= 15 is 0 Å². The predicted octanol–water partition coefficient (Wildman–Crippen LogP) is 2.96. The number of benzene rings is 1. The maximum Gasteiger partial charge on any atom is 0.276 e. The van der Waals surface area contributed by atoms with Gasteiger partial charge in [0, 0.05) is 0 Å².